The summed E-state index contributed by atoms with van der Waals surface area (Å²) in [6.07, 6.45) is 3.82. The predicted molar refractivity (Wildman–Crippen MR) is 105 cm³/mol. The Kier molecular flexibility index (Phi) is 7.21. The summed E-state index contributed by atoms with van der Waals surface area (Å²) >= 11 is 0. The standard InChI is InChI=1S/C19H34N6O2/c1-12(2)22-16(26)13-8-7-9-14(10-13)23-18(20-6)21-11-15-24-17(27-25-15)19(3,4)5/h12-14H,7-11H2,1-6H3,(H,22,26)(H2,20,21,23). The Hall–Kier alpha value is -2.12. The minimum Gasteiger partial charge on any atom is -0.354 e. The van der Waals surface area contributed by atoms with Crippen LogP contribution in [0.1, 0.15) is 72.0 Å². The van der Waals surface area contributed by atoms with E-state index < -0.39 is 0 Å². The fraction of sp³-hybridized carbons (Fsp3) is 0.789. The highest BCUT2D eigenvalue weighted by atomic mass is 16.5. The van der Waals surface area contributed by atoms with Gasteiger partial charge in [0, 0.05) is 30.5 Å². The molecule has 8 heteroatoms. The van der Waals surface area contributed by atoms with Crippen molar-refractivity contribution in [3.8, 4) is 0 Å². The molecule has 1 heterocycles. The van der Waals surface area contributed by atoms with Crippen molar-refractivity contribution in [1.29, 1.82) is 0 Å². The molecule has 8 nitrogen and oxygen atoms in total. The third kappa shape index (κ3) is 6.52. The molecule has 27 heavy (non-hydrogen) atoms. The molecule has 1 aromatic rings. The molecule has 1 saturated carbocycles. The van der Waals surface area contributed by atoms with Crippen LogP contribution in [0.2, 0.25) is 0 Å². The normalized spacial score (nSPS) is 21.2. The van der Waals surface area contributed by atoms with Crippen molar-refractivity contribution in [2.45, 2.75) is 84.3 Å². The van der Waals surface area contributed by atoms with Gasteiger partial charge in [0.1, 0.15) is 0 Å². The van der Waals surface area contributed by atoms with Gasteiger partial charge in [0.15, 0.2) is 11.8 Å². The number of nitrogens with one attached hydrogen (secondary N) is 3. The number of nitrogens with zero attached hydrogens (tertiary/aromatic N) is 3. The van der Waals surface area contributed by atoms with Crippen LogP contribution in [0, 0.1) is 5.92 Å². The highest BCUT2D eigenvalue weighted by Crippen LogP contribution is 2.24. The predicted octanol–water partition coefficient (Wildman–Crippen LogP) is 2.12. The average Bonchev–Trinajstić information content (AvgIpc) is 3.07. The van der Waals surface area contributed by atoms with Crippen LogP contribution in [-0.4, -0.2) is 41.1 Å². The molecule has 2 rings (SSSR count). The van der Waals surface area contributed by atoms with E-state index in [0.29, 0.717) is 24.2 Å². The lowest BCUT2D eigenvalue weighted by molar-refractivity contribution is -0.126. The minimum atomic E-state index is -0.168. The third-order valence-electron chi connectivity index (χ3n) is 4.56. The van der Waals surface area contributed by atoms with E-state index in [4.69, 9.17) is 4.52 Å². The number of guanidine groups is 1. The Balaban J connectivity index is 1.85. The Labute approximate surface area is 162 Å². The van der Waals surface area contributed by atoms with Gasteiger partial charge in [-0.25, -0.2) is 0 Å². The molecule has 2 atom stereocenters. The molecule has 152 valence electrons. The first kappa shape index (κ1) is 21.2. The van der Waals surface area contributed by atoms with E-state index in [1.54, 1.807) is 7.05 Å². The van der Waals surface area contributed by atoms with E-state index in [1.165, 1.54) is 0 Å². The van der Waals surface area contributed by atoms with Crippen molar-refractivity contribution in [2.75, 3.05) is 7.05 Å². The number of carbonyl (C=O) groups excluding carboxylic acids is 1. The van der Waals surface area contributed by atoms with Crippen LogP contribution in [-0.2, 0) is 16.8 Å². The lowest BCUT2D eigenvalue weighted by atomic mass is 9.85. The monoisotopic (exact) mass is 378 g/mol. The Bertz CT molecular complexity index is 647. The number of rotatable bonds is 5. The molecule has 3 N–H and O–H groups in total. The van der Waals surface area contributed by atoms with Crippen LogP contribution in [0.5, 0.6) is 0 Å². The summed E-state index contributed by atoms with van der Waals surface area (Å²) in [5.74, 6) is 2.12. The smallest absolute Gasteiger partial charge is 0.232 e. The van der Waals surface area contributed by atoms with Crippen molar-refractivity contribution in [3.63, 3.8) is 0 Å². The summed E-state index contributed by atoms with van der Waals surface area (Å²) in [7, 11) is 1.73. The summed E-state index contributed by atoms with van der Waals surface area (Å²) in [6, 6.07) is 0.400. The van der Waals surface area contributed by atoms with Gasteiger partial charge in [-0.05, 0) is 33.1 Å². The first-order chi connectivity index (χ1) is 12.7. The van der Waals surface area contributed by atoms with Gasteiger partial charge < -0.3 is 20.5 Å². The van der Waals surface area contributed by atoms with E-state index in [9.17, 15) is 4.79 Å². The molecule has 0 saturated heterocycles. The van der Waals surface area contributed by atoms with E-state index in [0.717, 1.165) is 25.7 Å². The van der Waals surface area contributed by atoms with Crippen molar-refractivity contribution in [3.05, 3.63) is 11.7 Å². The van der Waals surface area contributed by atoms with Crippen molar-refractivity contribution in [1.82, 2.24) is 26.1 Å². The van der Waals surface area contributed by atoms with E-state index >= 15 is 0 Å². The molecule has 2 unspecified atom stereocenters. The summed E-state index contributed by atoms with van der Waals surface area (Å²) in [5, 5.41) is 13.7. The molecule has 1 fully saturated rings. The molecule has 0 radical (unpaired) electrons. The summed E-state index contributed by atoms with van der Waals surface area (Å²) in [4.78, 5) is 21.0. The lowest BCUT2D eigenvalue weighted by Crippen LogP contribution is -2.47. The highest BCUT2D eigenvalue weighted by Gasteiger charge is 2.28. The van der Waals surface area contributed by atoms with Gasteiger partial charge in [0.25, 0.3) is 0 Å². The number of hydrogen-bond acceptors (Lipinski definition) is 5. The first-order valence-electron chi connectivity index (χ1n) is 9.79. The summed E-state index contributed by atoms with van der Waals surface area (Å²) in [5.41, 5.74) is -0.168. The molecule has 0 bridgehead atoms. The van der Waals surface area contributed by atoms with Crippen molar-refractivity contribution < 1.29 is 9.32 Å². The van der Waals surface area contributed by atoms with Gasteiger partial charge >= 0.3 is 0 Å². The van der Waals surface area contributed by atoms with Crippen LogP contribution in [0.3, 0.4) is 0 Å². The molecule has 1 aliphatic carbocycles. The van der Waals surface area contributed by atoms with Gasteiger partial charge in [-0.1, -0.05) is 32.3 Å². The van der Waals surface area contributed by atoms with E-state index in [1.807, 2.05) is 34.6 Å². The Morgan fingerprint density at radius 2 is 2.07 bits per heavy atom. The molecule has 1 aliphatic rings. The van der Waals surface area contributed by atoms with Gasteiger partial charge in [-0.2, -0.15) is 4.98 Å². The maximum Gasteiger partial charge on any atom is 0.232 e. The number of aliphatic imine (C=N–C) groups is 1. The van der Waals surface area contributed by atoms with Crippen LogP contribution in [0.4, 0.5) is 0 Å². The molecule has 0 aromatic carbocycles. The molecule has 1 amide bonds. The topological polar surface area (TPSA) is 104 Å². The number of hydrogen-bond donors (Lipinski definition) is 3. The van der Waals surface area contributed by atoms with Crippen LogP contribution in [0.25, 0.3) is 0 Å². The quantitative estimate of drug-likeness (QED) is 0.535. The number of amides is 1. The molecular formula is C19H34N6O2. The maximum atomic E-state index is 12.3. The van der Waals surface area contributed by atoms with Crippen LogP contribution >= 0.6 is 0 Å². The first-order valence-corrected chi connectivity index (χ1v) is 9.79. The second-order valence-corrected chi connectivity index (χ2v) is 8.56. The van der Waals surface area contributed by atoms with Crippen LogP contribution in [0.15, 0.2) is 9.52 Å². The van der Waals surface area contributed by atoms with Crippen molar-refractivity contribution >= 4 is 11.9 Å². The SMILES string of the molecule is CN=C(NCc1noc(C(C)(C)C)n1)NC1CCCC(C(=O)NC(C)C)C1. The van der Waals surface area contributed by atoms with Gasteiger partial charge in [0.2, 0.25) is 11.8 Å². The highest BCUT2D eigenvalue weighted by molar-refractivity contribution is 5.81. The number of carbonyl (C=O) groups is 1. The van der Waals surface area contributed by atoms with Crippen LogP contribution < -0.4 is 16.0 Å². The summed E-state index contributed by atoms with van der Waals surface area (Å²) in [6.45, 7) is 10.5. The largest absolute Gasteiger partial charge is 0.354 e. The minimum absolute atomic E-state index is 0.0586. The molecule has 0 aliphatic heterocycles. The third-order valence-corrected chi connectivity index (χ3v) is 4.56. The Morgan fingerprint density at radius 1 is 1.33 bits per heavy atom. The fourth-order valence-corrected chi connectivity index (χ4v) is 3.14. The second kappa shape index (κ2) is 9.19. The molecular weight excluding hydrogens is 344 g/mol. The average molecular weight is 379 g/mol. The summed E-state index contributed by atoms with van der Waals surface area (Å²) < 4.78 is 5.31. The van der Waals surface area contributed by atoms with Gasteiger partial charge in [-0.3, -0.25) is 9.79 Å². The van der Waals surface area contributed by atoms with E-state index in [2.05, 4.69) is 31.1 Å². The lowest BCUT2D eigenvalue weighted by Gasteiger charge is -2.30. The molecule has 0 spiro atoms. The zero-order valence-electron chi connectivity index (χ0n) is 17.4. The zero-order chi connectivity index (χ0) is 20.0. The zero-order valence-corrected chi connectivity index (χ0v) is 17.4. The maximum absolute atomic E-state index is 12.3. The number of aromatic nitrogens is 2. The second-order valence-electron chi connectivity index (χ2n) is 8.56. The molecule has 1 aromatic heterocycles. The van der Waals surface area contributed by atoms with E-state index in [-0.39, 0.29) is 29.3 Å². The van der Waals surface area contributed by atoms with Gasteiger partial charge in [0.05, 0.1) is 6.54 Å². The van der Waals surface area contributed by atoms with Gasteiger partial charge in [-0.15, -0.1) is 0 Å². The van der Waals surface area contributed by atoms with Crippen molar-refractivity contribution in [2.24, 2.45) is 10.9 Å². The Morgan fingerprint density at radius 3 is 2.67 bits per heavy atom. The fourth-order valence-electron chi connectivity index (χ4n) is 3.14.